The van der Waals surface area contributed by atoms with Gasteiger partial charge >= 0.3 is 0 Å². The van der Waals surface area contributed by atoms with E-state index in [9.17, 15) is 4.39 Å². The molecule has 1 unspecified atom stereocenters. The summed E-state index contributed by atoms with van der Waals surface area (Å²) in [5.41, 5.74) is 5.08. The average Bonchev–Trinajstić information content (AvgIpc) is 2.82. The number of halogens is 1. The maximum atomic E-state index is 13.4. The van der Waals surface area contributed by atoms with Crippen molar-refractivity contribution < 1.29 is 9.13 Å². The number of nitrogens with zero attached hydrogens (tertiary/aromatic N) is 3. The summed E-state index contributed by atoms with van der Waals surface area (Å²) in [6, 6.07) is 16.2. The van der Waals surface area contributed by atoms with E-state index < -0.39 is 0 Å². The first-order valence-corrected chi connectivity index (χ1v) is 11.8. The van der Waals surface area contributed by atoms with E-state index in [1.807, 2.05) is 12.1 Å². The summed E-state index contributed by atoms with van der Waals surface area (Å²) in [5, 5.41) is 0. The van der Waals surface area contributed by atoms with Crippen LogP contribution in [0.4, 0.5) is 4.39 Å². The lowest BCUT2D eigenvalue weighted by Crippen LogP contribution is -2.57. The lowest BCUT2D eigenvalue weighted by Gasteiger charge is -2.45. The number of hydrogen-bond acceptors (Lipinski definition) is 4. The molecule has 0 spiro atoms. The molecule has 0 N–H and O–H groups in total. The van der Waals surface area contributed by atoms with Gasteiger partial charge in [0.25, 0.3) is 0 Å². The number of piperazine rings is 1. The molecule has 0 bridgehead atoms. The standard InChI is InChI=1S/C27H36FN3O/c1-22-3-6-24(7-4-22)8-5-23(2)30-13-14-31(19-25-9-11-26(28)12-10-25)27(21-30)20-29-15-17-32-18-16-29/h3-4,6-7,9-12,27H,2,5,8,13-21H2,1H3. The zero-order chi connectivity index (χ0) is 22.3. The van der Waals surface area contributed by atoms with E-state index in [1.165, 1.54) is 22.4 Å². The molecule has 0 radical (unpaired) electrons. The van der Waals surface area contributed by atoms with E-state index >= 15 is 0 Å². The summed E-state index contributed by atoms with van der Waals surface area (Å²) < 4.78 is 18.9. The molecule has 2 fully saturated rings. The lowest BCUT2D eigenvalue weighted by molar-refractivity contribution is 0.00613. The predicted octanol–water partition coefficient (Wildman–Crippen LogP) is 4.10. The molecule has 0 aromatic heterocycles. The van der Waals surface area contributed by atoms with Gasteiger partial charge in [-0.25, -0.2) is 4.39 Å². The quantitative estimate of drug-likeness (QED) is 0.619. The van der Waals surface area contributed by atoms with Crippen LogP contribution in [-0.4, -0.2) is 73.2 Å². The molecule has 2 aliphatic heterocycles. The van der Waals surface area contributed by atoms with Gasteiger partial charge in [0.15, 0.2) is 0 Å². The monoisotopic (exact) mass is 437 g/mol. The molecule has 2 heterocycles. The molecule has 32 heavy (non-hydrogen) atoms. The zero-order valence-corrected chi connectivity index (χ0v) is 19.3. The Morgan fingerprint density at radius 3 is 2.38 bits per heavy atom. The Labute approximate surface area is 192 Å². The minimum atomic E-state index is -0.173. The number of morpholine rings is 1. The van der Waals surface area contributed by atoms with Crippen LogP contribution in [0.5, 0.6) is 0 Å². The molecule has 0 aliphatic carbocycles. The molecule has 2 aromatic carbocycles. The fourth-order valence-corrected chi connectivity index (χ4v) is 4.67. The number of ether oxygens (including phenoxy) is 1. The fraction of sp³-hybridized carbons (Fsp3) is 0.481. The van der Waals surface area contributed by atoms with Gasteiger partial charge < -0.3 is 9.64 Å². The second kappa shape index (κ2) is 11.1. The highest BCUT2D eigenvalue weighted by molar-refractivity contribution is 5.22. The highest BCUT2D eigenvalue weighted by atomic mass is 19.1. The van der Waals surface area contributed by atoms with Crippen LogP contribution >= 0.6 is 0 Å². The third-order valence-electron chi connectivity index (χ3n) is 6.75. The Balaban J connectivity index is 1.38. The van der Waals surface area contributed by atoms with Gasteiger partial charge in [0.1, 0.15) is 5.82 Å². The summed E-state index contributed by atoms with van der Waals surface area (Å²) in [4.78, 5) is 7.57. The number of rotatable bonds is 8. The molecule has 0 amide bonds. The first-order valence-electron chi connectivity index (χ1n) is 11.8. The van der Waals surface area contributed by atoms with Crippen LogP contribution in [0.25, 0.3) is 0 Å². The zero-order valence-electron chi connectivity index (χ0n) is 19.3. The van der Waals surface area contributed by atoms with Crippen molar-refractivity contribution in [2.75, 3.05) is 52.5 Å². The van der Waals surface area contributed by atoms with Gasteiger partial charge in [0, 0.05) is 57.6 Å². The Morgan fingerprint density at radius 1 is 0.969 bits per heavy atom. The van der Waals surface area contributed by atoms with Crippen molar-refractivity contribution in [3.8, 4) is 0 Å². The van der Waals surface area contributed by atoms with Crippen LogP contribution in [0.2, 0.25) is 0 Å². The summed E-state index contributed by atoms with van der Waals surface area (Å²) in [7, 11) is 0. The molecule has 2 aromatic rings. The molecule has 2 saturated heterocycles. The van der Waals surface area contributed by atoms with Gasteiger partial charge in [0.2, 0.25) is 0 Å². The molecular formula is C27H36FN3O. The molecule has 172 valence electrons. The van der Waals surface area contributed by atoms with Crippen LogP contribution < -0.4 is 0 Å². The van der Waals surface area contributed by atoms with Crippen LogP contribution in [-0.2, 0) is 17.7 Å². The van der Waals surface area contributed by atoms with Crippen LogP contribution in [0.15, 0.2) is 60.8 Å². The molecule has 1 atom stereocenters. The number of aryl methyl sites for hydroxylation is 2. The molecule has 5 heteroatoms. The Hall–Kier alpha value is -2.21. The predicted molar refractivity (Wildman–Crippen MR) is 128 cm³/mol. The Morgan fingerprint density at radius 2 is 1.66 bits per heavy atom. The maximum Gasteiger partial charge on any atom is 0.123 e. The van der Waals surface area contributed by atoms with Crippen molar-refractivity contribution in [1.82, 2.24) is 14.7 Å². The summed E-state index contributed by atoms with van der Waals surface area (Å²) in [5.74, 6) is -0.173. The maximum absolute atomic E-state index is 13.4. The number of hydrogen-bond donors (Lipinski definition) is 0. The highest BCUT2D eigenvalue weighted by Crippen LogP contribution is 2.21. The normalized spacial score (nSPS) is 20.4. The number of benzene rings is 2. The minimum absolute atomic E-state index is 0.173. The van der Waals surface area contributed by atoms with Crippen LogP contribution in [0.1, 0.15) is 23.1 Å². The molecule has 4 rings (SSSR count). The van der Waals surface area contributed by atoms with Crippen LogP contribution in [0, 0.1) is 12.7 Å². The molecule has 4 nitrogen and oxygen atoms in total. The van der Waals surface area contributed by atoms with Gasteiger partial charge in [-0.1, -0.05) is 48.5 Å². The van der Waals surface area contributed by atoms with Crippen molar-refractivity contribution in [2.45, 2.75) is 32.4 Å². The van der Waals surface area contributed by atoms with Crippen molar-refractivity contribution >= 4 is 0 Å². The first-order chi connectivity index (χ1) is 15.6. The second-order valence-corrected chi connectivity index (χ2v) is 9.16. The topological polar surface area (TPSA) is 19.0 Å². The molecule has 0 saturated carbocycles. The van der Waals surface area contributed by atoms with Crippen LogP contribution in [0.3, 0.4) is 0 Å². The van der Waals surface area contributed by atoms with Gasteiger partial charge in [-0.05, 0) is 43.0 Å². The Kier molecular flexibility index (Phi) is 7.95. The average molecular weight is 438 g/mol. The summed E-state index contributed by atoms with van der Waals surface area (Å²) in [6.07, 6.45) is 2.02. The van der Waals surface area contributed by atoms with Crippen molar-refractivity contribution in [2.24, 2.45) is 0 Å². The molecular weight excluding hydrogens is 401 g/mol. The van der Waals surface area contributed by atoms with Gasteiger partial charge in [-0.3, -0.25) is 9.80 Å². The van der Waals surface area contributed by atoms with E-state index in [0.29, 0.717) is 6.04 Å². The summed E-state index contributed by atoms with van der Waals surface area (Å²) in [6.45, 7) is 15.1. The number of allylic oxidation sites excluding steroid dienone is 1. The highest BCUT2D eigenvalue weighted by Gasteiger charge is 2.29. The van der Waals surface area contributed by atoms with Gasteiger partial charge in [-0.15, -0.1) is 0 Å². The van der Waals surface area contributed by atoms with Crippen molar-refractivity contribution in [1.29, 1.82) is 0 Å². The SMILES string of the molecule is C=C(CCc1ccc(C)cc1)N1CCN(Cc2ccc(F)cc2)C(CN2CCOCC2)C1. The second-order valence-electron chi connectivity index (χ2n) is 9.16. The third-order valence-corrected chi connectivity index (χ3v) is 6.75. The van der Waals surface area contributed by atoms with E-state index in [2.05, 4.69) is 52.5 Å². The van der Waals surface area contributed by atoms with E-state index in [0.717, 1.165) is 71.9 Å². The summed E-state index contributed by atoms with van der Waals surface area (Å²) >= 11 is 0. The van der Waals surface area contributed by atoms with Gasteiger partial charge in [-0.2, -0.15) is 0 Å². The first kappa shape index (κ1) is 23.0. The molecule has 2 aliphatic rings. The largest absolute Gasteiger partial charge is 0.379 e. The van der Waals surface area contributed by atoms with Crippen molar-refractivity contribution in [3.63, 3.8) is 0 Å². The minimum Gasteiger partial charge on any atom is -0.379 e. The fourth-order valence-electron chi connectivity index (χ4n) is 4.67. The van der Waals surface area contributed by atoms with Gasteiger partial charge in [0.05, 0.1) is 13.2 Å². The van der Waals surface area contributed by atoms with E-state index in [-0.39, 0.29) is 5.82 Å². The smallest absolute Gasteiger partial charge is 0.123 e. The Bertz CT molecular complexity index is 861. The third kappa shape index (κ3) is 6.41. The lowest BCUT2D eigenvalue weighted by atomic mass is 10.0. The van der Waals surface area contributed by atoms with E-state index in [4.69, 9.17) is 4.74 Å². The van der Waals surface area contributed by atoms with E-state index in [1.54, 1.807) is 12.1 Å². The van der Waals surface area contributed by atoms with Crippen molar-refractivity contribution in [3.05, 3.63) is 83.3 Å².